The van der Waals surface area contributed by atoms with Gasteiger partial charge < -0.3 is 19.3 Å². The third-order valence-corrected chi connectivity index (χ3v) is 8.61. The number of nitrogens with zero attached hydrogens (tertiary/aromatic N) is 1. The van der Waals surface area contributed by atoms with E-state index in [1.165, 1.54) is 27.8 Å². The van der Waals surface area contributed by atoms with Crippen molar-refractivity contribution in [3.63, 3.8) is 0 Å². The predicted molar refractivity (Wildman–Crippen MR) is 155 cm³/mol. The average Bonchev–Trinajstić information content (AvgIpc) is 2.94. The fraction of sp³-hybridized carbons (Fsp3) is 0.688. The van der Waals surface area contributed by atoms with Gasteiger partial charge in [0.05, 0.1) is 25.9 Å². The van der Waals surface area contributed by atoms with Crippen LogP contribution in [0.5, 0.6) is 11.5 Å². The minimum atomic E-state index is -0.827. The molecule has 2 rings (SSSR count). The van der Waals surface area contributed by atoms with E-state index in [-0.39, 0.29) is 35.7 Å². The van der Waals surface area contributed by atoms with E-state index in [2.05, 4.69) is 72.6 Å². The quantitative estimate of drug-likeness (QED) is 0.271. The van der Waals surface area contributed by atoms with Gasteiger partial charge in [0.15, 0.2) is 0 Å². The molecule has 1 radical (unpaired) electrons. The molecule has 0 aromatic heterocycles. The molecule has 1 aromatic carbocycles. The maximum absolute atomic E-state index is 10.2. The second kappa shape index (κ2) is 13.4. The van der Waals surface area contributed by atoms with Gasteiger partial charge in [-0.25, -0.2) is 0 Å². The fourth-order valence-corrected chi connectivity index (χ4v) is 6.11. The second-order valence-corrected chi connectivity index (χ2v) is 12.4. The van der Waals surface area contributed by atoms with Gasteiger partial charge >= 0.3 is 0 Å². The van der Waals surface area contributed by atoms with Crippen LogP contribution in [0.2, 0.25) is 0 Å². The summed E-state index contributed by atoms with van der Waals surface area (Å²) in [7, 11) is 7.42. The molecule has 1 atom stereocenters. The van der Waals surface area contributed by atoms with Gasteiger partial charge in [0.2, 0.25) is 0 Å². The van der Waals surface area contributed by atoms with Gasteiger partial charge in [0.1, 0.15) is 11.5 Å². The van der Waals surface area contributed by atoms with Crippen LogP contribution in [0.15, 0.2) is 23.3 Å². The van der Waals surface area contributed by atoms with Crippen molar-refractivity contribution >= 4 is 0 Å². The molecule has 215 valence electrons. The Morgan fingerprint density at radius 1 is 0.921 bits per heavy atom. The number of benzene rings is 1. The molecule has 0 aliphatic carbocycles. The molecular weight excluding hydrogens is 513 g/mol. The summed E-state index contributed by atoms with van der Waals surface area (Å²) in [6, 6.07) is 0. The Morgan fingerprint density at radius 2 is 1.45 bits per heavy atom. The molecule has 1 N–H and O–H groups in total. The zero-order chi connectivity index (χ0) is 28.3. The normalized spacial score (nSPS) is 18.2. The zero-order valence-electron chi connectivity index (χ0n) is 26.3. The van der Waals surface area contributed by atoms with Gasteiger partial charge in [0.25, 0.3) is 0 Å². The number of methoxy groups -OCH3 is 3. The van der Waals surface area contributed by atoms with Crippen LogP contribution in [0, 0.1) is 6.92 Å². The molecule has 1 unspecified atom stereocenters. The Balaban J connectivity index is 0.00000722. The maximum atomic E-state index is 10.2. The summed E-state index contributed by atoms with van der Waals surface area (Å²) in [4.78, 5) is 2.44. The smallest absolute Gasteiger partial charge is 0.131 e. The van der Waals surface area contributed by atoms with E-state index >= 15 is 0 Å². The van der Waals surface area contributed by atoms with Gasteiger partial charge in [-0.15, -0.1) is 0 Å². The Labute approximate surface area is 244 Å². The van der Waals surface area contributed by atoms with E-state index in [1.807, 2.05) is 0 Å². The van der Waals surface area contributed by atoms with Gasteiger partial charge in [-0.2, -0.15) is 0 Å². The molecule has 1 aliphatic heterocycles. The van der Waals surface area contributed by atoms with Gasteiger partial charge in [-0.1, -0.05) is 23.3 Å². The van der Waals surface area contributed by atoms with Crippen molar-refractivity contribution in [3.8, 4) is 11.5 Å². The molecule has 5 nitrogen and oxygen atoms in total. The number of aliphatic hydroxyl groups is 1. The summed E-state index contributed by atoms with van der Waals surface area (Å²) in [6.07, 6.45) is 9.00. The fourth-order valence-electron chi connectivity index (χ4n) is 6.11. The van der Waals surface area contributed by atoms with Gasteiger partial charge in [-0.05, 0) is 113 Å². The summed E-state index contributed by atoms with van der Waals surface area (Å²) >= 11 is 0. The van der Waals surface area contributed by atoms with Crippen LogP contribution in [0.25, 0.3) is 0 Å². The number of rotatable bonds is 12. The number of hydrogen-bond acceptors (Lipinski definition) is 5. The molecule has 0 spiro atoms. The molecule has 6 heteroatoms. The van der Waals surface area contributed by atoms with Crippen LogP contribution in [0.1, 0.15) is 103 Å². The van der Waals surface area contributed by atoms with E-state index in [9.17, 15) is 5.11 Å². The molecule has 0 amide bonds. The van der Waals surface area contributed by atoms with Crippen LogP contribution >= 0.6 is 0 Å². The Kier molecular flexibility index (Phi) is 12.3. The molecule has 0 saturated heterocycles. The standard InChI is InChI=1S/C32H53NO4.V/c1-21(15-14-16-22(2)18-20-25(35-11)32(8,9)34)17-19-24-28(36-12)23(3)26-27(29(24)37-13)31(6,7)33(10)30(26,4)5;/h16-17,25,34H,14-15,18-20H2,1-13H3;/b21-17+,22-16+;. The van der Waals surface area contributed by atoms with E-state index in [1.54, 1.807) is 35.2 Å². The number of fused-ring (bicyclic) bond motifs is 1. The van der Waals surface area contributed by atoms with Crippen LogP contribution in [-0.2, 0) is 40.8 Å². The second-order valence-electron chi connectivity index (χ2n) is 12.4. The van der Waals surface area contributed by atoms with E-state index in [0.29, 0.717) is 0 Å². The first-order chi connectivity index (χ1) is 17.0. The van der Waals surface area contributed by atoms with Crippen molar-refractivity contribution < 1.29 is 37.9 Å². The molecular formula is C32H53NO4V. The Hall–Kier alpha value is -1.24. The third kappa shape index (κ3) is 7.09. The van der Waals surface area contributed by atoms with Crippen LogP contribution in [0.4, 0.5) is 0 Å². The maximum Gasteiger partial charge on any atom is 0.131 e. The molecule has 0 saturated carbocycles. The van der Waals surface area contributed by atoms with Crippen molar-refractivity contribution in [2.45, 2.75) is 117 Å². The number of hydrogen-bond donors (Lipinski definition) is 1. The van der Waals surface area contributed by atoms with Gasteiger partial charge in [-0.3, -0.25) is 4.90 Å². The third-order valence-electron chi connectivity index (χ3n) is 8.61. The summed E-state index contributed by atoms with van der Waals surface area (Å²) in [5.41, 5.74) is 6.54. The summed E-state index contributed by atoms with van der Waals surface area (Å²) in [5.74, 6) is 1.90. The first-order valence-electron chi connectivity index (χ1n) is 13.6. The van der Waals surface area contributed by atoms with E-state index in [4.69, 9.17) is 14.2 Å². The van der Waals surface area contributed by atoms with Crippen molar-refractivity contribution in [1.82, 2.24) is 4.90 Å². The first kappa shape index (κ1) is 34.8. The topological polar surface area (TPSA) is 51.2 Å². The van der Waals surface area contributed by atoms with E-state index in [0.717, 1.165) is 49.2 Å². The number of ether oxygens (including phenoxy) is 3. The SMILES string of the molecule is COc1c(C)c2c(c(OC)c1C/C=C(\C)CC/C=C(\C)CCC(OC)C(C)(C)O)C(C)(C)N(C)C2(C)C.[V]. The van der Waals surface area contributed by atoms with Crippen molar-refractivity contribution in [2.75, 3.05) is 28.4 Å². The zero-order valence-corrected chi connectivity index (χ0v) is 27.7. The van der Waals surface area contributed by atoms with Crippen molar-refractivity contribution in [2.24, 2.45) is 0 Å². The molecule has 38 heavy (non-hydrogen) atoms. The van der Waals surface area contributed by atoms with Crippen LogP contribution in [-0.4, -0.2) is 50.1 Å². The number of allylic oxidation sites excluding steroid dienone is 4. The Morgan fingerprint density at radius 3 is 1.95 bits per heavy atom. The molecule has 1 aliphatic rings. The van der Waals surface area contributed by atoms with Crippen molar-refractivity contribution in [3.05, 3.63) is 45.6 Å². The monoisotopic (exact) mass is 566 g/mol. The van der Waals surface area contributed by atoms with Crippen LogP contribution < -0.4 is 9.47 Å². The summed E-state index contributed by atoms with van der Waals surface area (Å²) in [6.45, 7) is 19.3. The summed E-state index contributed by atoms with van der Waals surface area (Å²) in [5, 5.41) is 10.2. The molecule has 1 heterocycles. The molecule has 0 bridgehead atoms. The first-order valence-corrected chi connectivity index (χ1v) is 13.6. The van der Waals surface area contributed by atoms with Crippen LogP contribution in [0.3, 0.4) is 0 Å². The minimum absolute atomic E-state index is 0. The van der Waals surface area contributed by atoms with Gasteiger partial charge in [0, 0.05) is 47.9 Å². The molecule has 1 aromatic rings. The molecule has 0 fully saturated rings. The predicted octanol–water partition coefficient (Wildman–Crippen LogP) is 7.21. The largest absolute Gasteiger partial charge is 0.496 e. The average molecular weight is 567 g/mol. The Bertz CT molecular complexity index is 1020. The minimum Gasteiger partial charge on any atom is -0.496 e. The van der Waals surface area contributed by atoms with Crippen molar-refractivity contribution in [1.29, 1.82) is 0 Å². The van der Waals surface area contributed by atoms with E-state index < -0.39 is 5.60 Å². The summed E-state index contributed by atoms with van der Waals surface area (Å²) < 4.78 is 17.6.